The lowest BCUT2D eigenvalue weighted by molar-refractivity contribution is -0.385. The lowest BCUT2D eigenvalue weighted by Gasteiger charge is -2.14. The second-order valence-electron chi connectivity index (χ2n) is 5.27. The second kappa shape index (κ2) is 6.43. The minimum absolute atomic E-state index is 0.0159. The molecule has 3 aromatic carbocycles. The highest BCUT2D eigenvalue weighted by molar-refractivity contribution is 5.82. The van der Waals surface area contributed by atoms with E-state index in [0.29, 0.717) is 11.4 Å². The van der Waals surface area contributed by atoms with Crippen molar-refractivity contribution in [1.29, 1.82) is 0 Å². The summed E-state index contributed by atoms with van der Waals surface area (Å²) >= 11 is 0. The van der Waals surface area contributed by atoms with Crippen LogP contribution in [0.2, 0.25) is 0 Å². The zero-order valence-corrected chi connectivity index (χ0v) is 13.0. The number of rotatable bonds is 6. The molecule has 3 aromatic rings. The van der Waals surface area contributed by atoms with Gasteiger partial charge in [0.05, 0.1) is 9.85 Å². The normalized spacial score (nSPS) is 10.5. The number of nitrogens with zero attached hydrogens (tertiary/aromatic N) is 2. The summed E-state index contributed by atoms with van der Waals surface area (Å²) in [5.74, 6) is 0. The Balaban J connectivity index is 1.81. The van der Waals surface area contributed by atoms with E-state index in [1.807, 2.05) is 0 Å². The van der Waals surface area contributed by atoms with Gasteiger partial charge < -0.3 is 10.6 Å². The van der Waals surface area contributed by atoms with Crippen LogP contribution in [-0.2, 0) is 0 Å². The van der Waals surface area contributed by atoms with E-state index in [9.17, 15) is 29.8 Å². The van der Waals surface area contributed by atoms with Crippen molar-refractivity contribution in [3.63, 3.8) is 0 Å². The highest BCUT2D eigenvalue weighted by atomic mass is 16.6. The van der Waals surface area contributed by atoms with Crippen LogP contribution in [0.5, 0.6) is 0 Å². The summed E-state index contributed by atoms with van der Waals surface area (Å²) < 4.78 is 0. The van der Waals surface area contributed by atoms with Gasteiger partial charge in [0, 0.05) is 35.6 Å². The first-order valence-corrected chi connectivity index (χ1v) is 7.23. The summed E-state index contributed by atoms with van der Waals surface area (Å²) in [6.07, 6.45) is 0. The third kappa shape index (κ3) is 3.11. The Kier molecular flexibility index (Phi) is 4.15. The van der Waals surface area contributed by atoms with Gasteiger partial charge >= 0.3 is 0 Å². The summed E-state index contributed by atoms with van der Waals surface area (Å²) in [5, 5.41) is 26.8. The summed E-state index contributed by atoms with van der Waals surface area (Å²) in [5.41, 5.74) is -0.844. The van der Waals surface area contributed by atoms with Gasteiger partial charge in [0.1, 0.15) is 11.4 Å². The summed E-state index contributed by atoms with van der Waals surface area (Å²) in [6.45, 7) is 0. The van der Waals surface area contributed by atoms with Gasteiger partial charge in [-0.3, -0.25) is 29.8 Å². The molecule has 26 heavy (non-hydrogen) atoms. The van der Waals surface area contributed by atoms with Crippen LogP contribution in [-0.4, -0.2) is 9.85 Å². The standard InChI is InChI=1S/C16H10N4O6/c21-15-13(17-9-1-5-11(6-2-9)19(23)24)14(16(15)22)18-10-3-7-12(8-4-10)20(25)26/h1-8,17-18H. The number of nitro benzene ring substituents is 2. The smallest absolute Gasteiger partial charge is 0.269 e. The molecule has 0 amide bonds. The number of nitrogens with one attached hydrogen (secondary N) is 2. The average molecular weight is 354 g/mol. The summed E-state index contributed by atoms with van der Waals surface area (Å²) in [7, 11) is 0. The predicted molar refractivity (Wildman–Crippen MR) is 94.1 cm³/mol. The molecule has 0 saturated heterocycles. The van der Waals surface area contributed by atoms with Crippen molar-refractivity contribution in [2.45, 2.75) is 0 Å². The van der Waals surface area contributed by atoms with Crippen LogP contribution in [0, 0.1) is 20.2 Å². The highest BCUT2D eigenvalue weighted by Gasteiger charge is 2.21. The Morgan fingerprint density at radius 1 is 0.615 bits per heavy atom. The van der Waals surface area contributed by atoms with Crippen molar-refractivity contribution < 1.29 is 9.85 Å². The van der Waals surface area contributed by atoms with E-state index in [4.69, 9.17) is 0 Å². The van der Waals surface area contributed by atoms with Crippen LogP contribution in [0.15, 0.2) is 58.1 Å². The van der Waals surface area contributed by atoms with E-state index >= 15 is 0 Å². The highest BCUT2D eigenvalue weighted by Crippen LogP contribution is 2.26. The van der Waals surface area contributed by atoms with Crippen molar-refractivity contribution in [3.05, 3.63) is 89.2 Å². The first-order valence-electron chi connectivity index (χ1n) is 7.23. The van der Waals surface area contributed by atoms with Crippen molar-refractivity contribution in [2.75, 3.05) is 10.6 Å². The molecule has 0 aromatic heterocycles. The fourth-order valence-electron chi connectivity index (χ4n) is 2.25. The molecule has 0 saturated carbocycles. The molecule has 0 heterocycles. The second-order valence-corrected chi connectivity index (χ2v) is 5.27. The van der Waals surface area contributed by atoms with Crippen molar-refractivity contribution in [1.82, 2.24) is 0 Å². The molecule has 10 nitrogen and oxygen atoms in total. The van der Waals surface area contributed by atoms with Crippen LogP contribution < -0.4 is 21.5 Å². The Bertz CT molecular complexity index is 979. The molecule has 0 spiro atoms. The minimum atomic E-state index is -0.729. The maximum Gasteiger partial charge on any atom is 0.269 e. The van der Waals surface area contributed by atoms with E-state index in [1.165, 1.54) is 48.5 Å². The molecular weight excluding hydrogens is 344 g/mol. The van der Waals surface area contributed by atoms with E-state index in [-0.39, 0.29) is 22.7 Å². The predicted octanol–water partition coefficient (Wildman–Crippen LogP) is 2.59. The van der Waals surface area contributed by atoms with E-state index in [1.54, 1.807) is 0 Å². The van der Waals surface area contributed by atoms with Crippen LogP contribution >= 0.6 is 0 Å². The third-order valence-electron chi connectivity index (χ3n) is 3.61. The molecule has 0 atom stereocenters. The van der Waals surface area contributed by atoms with Crippen molar-refractivity contribution in [2.24, 2.45) is 0 Å². The first kappa shape index (κ1) is 16.8. The maximum atomic E-state index is 11.8. The zero-order valence-electron chi connectivity index (χ0n) is 13.0. The van der Waals surface area contributed by atoms with Crippen LogP contribution in [0.25, 0.3) is 0 Å². The van der Waals surface area contributed by atoms with E-state index < -0.39 is 20.7 Å². The number of benzene rings is 2. The molecule has 130 valence electrons. The average Bonchev–Trinajstić information content (AvgIpc) is 2.65. The minimum Gasteiger partial charge on any atom is -0.350 e. The Labute approximate surface area is 144 Å². The molecule has 0 fully saturated rings. The van der Waals surface area contributed by atoms with Gasteiger partial charge in [-0.05, 0) is 24.3 Å². The van der Waals surface area contributed by atoms with Gasteiger partial charge in [0.2, 0.25) is 0 Å². The molecule has 10 heteroatoms. The molecule has 0 bridgehead atoms. The summed E-state index contributed by atoms with van der Waals surface area (Å²) in [4.78, 5) is 43.7. The molecule has 0 aliphatic rings. The Morgan fingerprint density at radius 2 is 0.923 bits per heavy atom. The number of nitro groups is 2. The topological polar surface area (TPSA) is 144 Å². The molecule has 0 unspecified atom stereocenters. The largest absolute Gasteiger partial charge is 0.350 e. The maximum absolute atomic E-state index is 11.8. The third-order valence-corrected chi connectivity index (χ3v) is 3.61. The van der Waals surface area contributed by atoms with Crippen LogP contribution in [0.1, 0.15) is 0 Å². The fourth-order valence-corrected chi connectivity index (χ4v) is 2.25. The van der Waals surface area contributed by atoms with Gasteiger partial charge in [0.15, 0.2) is 0 Å². The molecule has 0 aliphatic carbocycles. The van der Waals surface area contributed by atoms with Crippen LogP contribution in [0.3, 0.4) is 0 Å². The summed E-state index contributed by atoms with van der Waals surface area (Å²) in [6, 6.07) is 10.7. The van der Waals surface area contributed by atoms with Gasteiger partial charge in [-0.1, -0.05) is 0 Å². The molecule has 2 N–H and O–H groups in total. The lowest BCUT2D eigenvalue weighted by Crippen LogP contribution is -2.35. The van der Waals surface area contributed by atoms with Gasteiger partial charge in [-0.25, -0.2) is 0 Å². The zero-order chi connectivity index (χ0) is 18.8. The van der Waals surface area contributed by atoms with Gasteiger partial charge in [-0.2, -0.15) is 0 Å². The van der Waals surface area contributed by atoms with Gasteiger partial charge in [0.25, 0.3) is 22.2 Å². The van der Waals surface area contributed by atoms with E-state index in [2.05, 4.69) is 10.6 Å². The molecular formula is C16H10N4O6. The number of anilines is 4. The lowest BCUT2D eigenvalue weighted by atomic mass is 10.1. The number of hydrogen-bond acceptors (Lipinski definition) is 8. The fraction of sp³-hybridized carbons (Fsp3) is 0. The SMILES string of the molecule is O=c1c(Nc2ccc([N+](=O)[O-])cc2)c(Nc2ccc([N+](=O)[O-])cc2)c1=O. The molecule has 3 rings (SSSR count). The first-order chi connectivity index (χ1) is 12.4. The van der Waals surface area contributed by atoms with Crippen molar-refractivity contribution >= 4 is 34.1 Å². The van der Waals surface area contributed by atoms with Crippen LogP contribution in [0.4, 0.5) is 34.1 Å². The Morgan fingerprint density at radius 3 is 1.19 bits per heavy atom. The monoisotopic (exact) mass is 354 g/mol. The number of hydrogen-bond donors (Lipinski definition) is 2. The quantitative estimate of drug-likeness (QED) is 0.390. The van der Waals surface area contributed by atoms with Gasteiger partial charge in [-0.15, -0.1) is 0 Å². The Hall–Kier alpha value is -4.08. The molecule has 0 radical (unpaired) electrons. The molecule has 0 aliphatic heterocycles. The number of non-ortho nitro benzene ring substituents is 2. The van der Waals surface area contributed by atoms with Crippen molar-refractivity contribution in [3.8, 4) is 0 Å². The van der Waals surface area contributed by atoms with E-state index in [0.717, 1.165) is 0 Å².